The quantitative estimate of drug-likeness (QED) is 0.779. The Balaban J connectivity index is 2.05. The third kappa shape index (κ3) is 3.59. The summed E-state index contributed by atoms with van der Waals surface area (Å²) in [7, 11) is -0.651. The average Bonchev–Trinajstić information content (AvgIpc) is 2.39. The lowest BCUT2D eigenvalue weighted by Gasteiger charge is -2.45. The van der Waals surface area contributed by atoms with E-state index in [1.165, 1.54) is 0 Å². The molecule has 2 aliphatic rings. The Morgan fingerprint density at radius 2 is 2.05 bits per heavy atom. The fourth-order valence-corrected chi connectivity index (χ4v) is 4.63. The predicted octanol–water partition coefficient (Wildman–Crippen LogP) is 0.215. The molecule has 3 N–H and O–H groups in total. The molecule has 1 aliphatic carbocycles. The summed E-state index contributed by atoms with van der Waals surface area (Å²) in [5.41, 5.74) is 5.13. The number of nitrogens with zero attached hydrogens (tertiary/aromatic N) is 1. The fraction of sp³-hybridized carbons (Fsp3) is 0.929. The lowest BCUT2D eigenvalue weighted by atomic mass is 9.77. The Labute approximate surface area is 124 Å². The Bertz CT molecular complexity index is 379. The van der Waals surface area contributed by atoms with E-state index in [4.69, 9.17) is 5.73 Å². The minimum atomic E-state index is -0.651. The van der Waals surface area contributed by atoms with Crippen molar-refractivity contribution in [3.8, 4) is 0 Å². The summed E-state index contributed by atoms with van der Waals surface area (Å²) in [5.74, 6) is 1.30. The first-order chi connectivity index (χ1) is 9.43. The molecular formula is C14H27N3O2S. The van der Waals surface area contributed by atoms with Gasteiger partial charge < -0.3 is 11.1 Å². The van der Waals surface area contributed by atoms with Gasteiger partial charge in [0, 0.05) is 47.5 Å². The minimum Gasteiger partial charge on any atom is -0.368 e. The molecule has 2 rings (SSSR count). The van der Waals surface area contributed by atoms with Crippen LogP contribution in [0.1, 0.15) is 39.5 Å². The Kier molecular flexibility index (Phi) is 5.20. The maximum Gasteiger partial charge on any atom is 0.237 e. The van der Waals surface area contributed by atoms with Gasteiger partial charge in [-0.15, -0.1) is 0 Å². The van der Waals surface area contributed by atoms with Crippen molar-refractivity contribution in [1.29, 1.82) is 0 Å². The number of carbonyl (C=O) groups is 1. The zero-order chi connectivity index (χ0) is 14.8. The molecule has 1 saturated carbocycles. The summed E-state index contributed by atoms with van der Waals surface area (Å²) in [4.78, 5) is 14.4. The molecule has 2 atom stereocenters. The van der Waals surface area contributed by atoms with Crippen LogP contribution in [0.5, 0.6) is 0 Å². The van der Waals surface area contributed by atoms with Crippen molar-refractivity contribution in [1.82, 2.24) is 10.2 Å². The molecular weight excluding hydrogens is 274 g/mol. The van der Waals surface area contributed by atoms with Gasteiger partial charge in [0.15, 0.2) is 0 Å². The summed E-state index contributed by atoms with van der Waals surface area (Å²) in [6, 6.07) is 0.634. The van der Waals surface area contributed by atoms with E-state index >= 15 is 0 Å². The zero-order valence-corrected chi connectivity index (χ0v) is 13.4. The maximum atomic E-state index is 12.0. The lowest BCUT2D eigenvalue weighted by molar-refractivity contribution is -0.127. The van der Waals surface area contributed by atoms with Crippen LogP contribution in [0, 0.1) is 0 Å². The van der Waals surface area contributed by atoms with Crippen molar-refractivity contribution in [3.05, 3.63) is 0 Å². The fourth-order valence-electron chi connectivity index (χ4n) is 3.55. The highest BCUT2D eigenvalue weighted by Crippen LogP contribution is 2.32. The number of carbonyl (C=O) groups excluding carboxylic acids is 1. The molecule has 20 heavy (non-hydrogen) atoms. The first-order valence-corrected chi connectivity index (χ1v) is 9.08. The van der Waals surface area contributed by atoms with Crippen LogP contribution in [0.3, 0.4) is 0 Å². The molecule has 2 fully saturated rings. The largest absolute Gasteiger partial charge is 0.368 e. The second-order valence-electron chi connectivity index (χ2n) is 6.38. The van der Waals surface area contributed by atoms with Gasteiger partial charge in [-0.05, 0) is 39.5 Å². The summed E-state index contributed by atoms with van der Waals surface area (Å²) >= 11 is 0. The van der Waals surface area contributed by atoms with Crippen LogP contribution in [0.2, 0.25) is 0 Å². The van der Waals surface area contributed by atoms with E-state index < -0.39 is 16.3 Å². The van der Waals surface area contributed by atoms with Crippen LogP contribution in [0.25, 0.3) is 0 Å². The van der Waals surface area contributed by atoms with E-state index in [-0.39, 0.29) is 11.9 Å². The highest BCUT2D eigenvalue weighted by atomic mass is 32.2. The number of hydrogen-bond acceptors (Lipinski definition) is 4. The van der Waals surface area contributed by atoms with Crippen molar-refractivity contribution in [2.75, 3.05) is 24.6 Å². The van der Waals surface area contributed by atoms with Crippen LogP contribution < -0.4 is 11.1 Å². The molecule has 0 spiro atoms. The molecule has 1 heterocycles. The van der Waals surface area contributed by atoms with Gasteiger partial charge in [-0.1, -0.05) is 0 Å². The van der Waals surface area contributed by atoms with Crippen molar-refractivity contribution in [3.63, 3.8) is 0 Å². The molecule has 1 amide bonds. The standard InChI is InChI=1S/C14H27N3O2S/c1-11(2)16-14(13(15)18)5-3-4-12(10-14)17-6-8-20(19)9-7-17/h11-12,16H,3-10H2,1-2H3,(H2,15,18). The number of hydrogen-bond donors (Lipinski definition) is 2. The first kappa shape index (κ1) is 15.9. The normalized spacial score (nSPS) is 33.5. The highest BCUT2D eigenvalue weighted by molar-refractivity contribution is 7.85. The smallest absolute Gasteiger partial charge is 0.237 e. The van der Waals surface area contributed by atoms with Gasteiger partial charge in [0.2, 0.25) is 5.91 Å². The summed E-state index contributed by atoms with van der Waals surface area (Å²) in [6.45, 7) is 5.87. The van der Waals surface area contributed by atoms with E-state index in [1.54, 1.807) is 0 Å². The van der Waals surface area contributed by atoms with Gasteiger partial charge in [-0.2, -0.15) is 0 Å². The van der Waals surface area contributed by atoms with Crippen molar-refractivity contribution in [2.24, 2.45) is 5.73 Å². The van der Waals surface area contributed by atoms with E-state index in [1.807, 2.05) is 0 Å². The molecule has 1 saturated heterocycles. The van der Waals surface area contributed by atoms with Crippen LogP contribution in [0.4, 0.5) is 0 Å². The van der Waals surface area contributed by atoms with Gasteiger partial charge in [0.05, 0.1) is 5.54 Å². The Hall–Kier alpha value is -0.460. The molecule has 0 aromatic heterocycles. The van der Waals surface area contributed by atoms with Crippen LogP contribution >= 0.6 is 0 Å². The SMILES string of the molecule is CC(C)NC1(C(N)=O)CCCC(N2CCS(=O)CC2)C1. The number of primary amides is 1. The van der Waals surface area contributed by atoms with Crippen molar-refractivity contribution >= 4 is 16.7 Å². The molecule has 0 aromatic rings. The molecule has 2 unspecified atom stereocenters. The Morgan fingerprint density at radius 1 is 1.40 bits per heavy atom. The molecule has 6 heteroatoms. The van der Waals surface area contributed by atoms with Gasteiger partial charge in [0.1, 0.15) is 0 Å². The first-order valence-electron chi connectivity index (χ1n) is 7.59. The van der Waals surface area contributed by atoms with Gasteiger partial charge in [0.25, 0.3) is 0 Å². The minimum absolute atomic E-state index is 0.225. The topological polar surface area (TPSA) is 75.4 Å². The van der Waals surface area contributed by atoms with Crippen LogP contribution in [-0.4, -0.2) is 57.2 Å². The molecule has 0 bridgehead atoms. The van der Waals surface area contributed by atoms with Gasteiger partial charge in [-0.3, -0.25) is 13.9 Å². The molecule has 0 radical (unpaired) electrons. The van der Waals surface area contributed by atoms with E-state index in [0.29, 0.717) is 6.04 Å². The predicted molar refractivity (Wildman–Crippen MR) is 81.9 cm³/mol. The molecule has 116 valence electrons. The van der Waals surface area contributed by atoms with E-state index in [9.17, 15) is 9.00 Å². The third-order valence-electron chi connectivity index (χ3n) is 4.49. The maximum absolute atomic E-state index is 12.0. The zero-order valence-electron chi connectivity index (χ0n) is 12.6. The molecule has 5 nitrogen and oxygen atoms in total. The third-order valence-corrected chi connectivity index (χ3v) is 5.77. The van der Waals surface area contributed by atoms with Crippen LogP contribution in [-0.2, 0) is 15.6 Å². The van der Waals surface area contributed by atoms with E-state index in [2.05, 4.69) is 24.1 Å². The second-order valence-corrected chi connectivity index (χ2v) is 8.08. The van der Waals surface area contributed by atoms with Crippen molar-refractivity contribution < 1.29 is 9.00 Å². The monoisotopic (exact) mass is 301 g/mol. The number of nitrogens with one attached hydrogen (secondary N) is 1. The van der Waals surface area contributed by atoms with Gasteiger partial charge >= 0.3 is 0 Å². The summed E-state index contributed by atoms with van der Waals surface area (Å²) < 4.78 is 11.5. The van der Waals surface area contributed by atoms with Crippen molar-refractivity contribution in [2.45, 2.75) is 57.2 Å². The average molecular weight is 301 g/mol. The summed E-state index contributed by atoms with van der Waals surface area (Å²) in [5, 5.41) is 3.41. The second kappa shape index (κ2) is 6.54. The number of nitrogens with two attached hydrogens (primary N) is 1. The number of rotatable bonds is 4. The highest BCUT2D eigenvalue weighted by Gasteiger charge is 2.43. The van der Waals surface area contributed by atoms with E-state index in [0.717, 1.165) is 50.3 Å². The number of amides is 1. The molecule has 0 aromatic carbocycles. The lowest BCUT2D eigenvalue weighted by Crippen LogP contribution is -2.62. The molecule has 1 aliphatic heterocycles. The summed E-state index contributed by atoms with van der Waals surface area (Å²) in [6.07, 6.45) is 3.75. The van der Waals surface area contributed by atoms with Crippen LogP contribution in [0.15, 0.2) is 0 Å². The Morgan fingerprint density at radius 3 is 2.60 bits per heavy atom. The van der Waals surface area contributed by atoms with Gasteiger partial charge in [-0.25, -0.2) is 0 Å².